The molecule has 20 heteroatoms. The molecule has 0 aromatic heterocycles. The van der Waals surface area contributed by atoms with E-state index in [1.165, 1.54) is 0 Å². The van der Waals surface area contributed by atoms with Crippen molar-refractivity contribution in [3.63, 3.8) is 0 Å². The van der Waals surface area contributed by atoms with Crippen LogP contribution in [-0.2, 0) is 18.3 Å². The highest BCUT2D eigenvalue weighted by molar-refractivity contribution is 9.11. The lowest BCUT2D eigenvalue weighted by molar-refractivity contribution is 0.366. The smallest absolute Gasteiger partial charge is 0.411 e. The summed E-state index contributed by atoms with van der Waals surface area (Å²) in [7, 11) is -18.4. The number of rotatable bonds is 24. The summed E-state index contributed by atoms with van der Waals surface area (Å²) >= 11 is 16.6. The molecule has 0 saturated heterocycles. The lowest BCUT2D eigenvalue weighted by Gasteiger charge is -2.39. The molecule has 8 bridgehead atoms. The van der Waals surface area contributed by atoms with Gasteiger partial charge in [-0.25, -0.2) is 18.3 Å². The first-order chi connectivity index (χ1) is 46.6. The highest BCUT2D eigenvalue weighted by atomic mass is 79.9. The van der Waals surface area contributed by atoms with Crippen molar-refractivity contribution in [3.8, 4) is 46.0 Å². The molecule has 0 spiro atoms. The third-order valence-corrected chi connectivity index (χ3v) is 29.3. The zero-order valence-electron chi connectivity index (χ0n) is 54.5. The van der Waals surface area contributed by atoms with E-state index < -0.39 is 54.1 Å². The molecular formula is C76H80Br4O12P4. The van der Waals surface area contributed by atoms with Gasteiger partial charge in [0.1, 0.15) is 17.9 Å². The van der Waals surface area contributed by atoms with Gasteiger partial charge in [-0.05, 0) is 162 Å². The molecule has 0 fully saturated rings. The van der Waals surface area contributed by atoms with Gasteiger partial charge in [-0.15, -0.1) is 0 Å². The van der Waals surface area contributed by atoms with E-state index in [9.17, 15) is 0 Å². The largest absolute Gasteiger partial charge is 0.462 e. The van der Waals surface area contributed by atoms with E-state index in [4.69, 9.17) is 36.2 Å². The van der Waals surface area contributed by atoms with Crippen molar-refractivity contribution < 1.29 is 54.5 Å². The monoisotopic (exact) mass is 1620 g/mol. The predicted molar refractivity (Wildman–Crippen MR) is 399 cm³/mol. The minimum atomic E-state index is -4.61. The molecule has 0 saturated carbocycles. The van der Waals surface area contributed by atoms with Gasteiger partial charge >= 0.3 is 30.4 Å². The fourth-order valence-corrected chi connectivity index (χ4v) is 24.5. The van der Waals surface area contributed by atoms with E-state index in [-0.39, 0.29) is 67.2 Å². The summed E-state index contributed by atoms with van der Waals surface area (Å²) < 4.78 is 127. The number of halogens is 4. The van der Waals surface area contributed by atoms with Gasteiger partial charge in [0, 0.05) is 68.2 Å². The van der Waals surface area contributed by atoms with Crippen molar-refractivity contribution in [2.45, 2.75) is 180 Å². The number of unbranched alkanes of at least 4 members (excludes halogenated alkanes) is 12. The second kappa shape index (κ2) is 29.7. The topological polar surface area (TPSA) is 142 Å². The Hall–Kier alpha value is -5.00. The first-order valence-corrected chi connectivity index (χ1v) is 43.5. The lowest BCUT2D eigenvalue weighted by atomic mass is 9.76. The summed E-state index contributed by atoms with van der Waals surface area (Å²) in [5, 5.41) is 1.06. The maximum atomic E-state index is 16.9. The molecule has 0 N–H and O–H groups in total. The zero-order chi connectivity index (χ0) is 66.9. The molecule has 12 nitrogen and oxygen atoms in total. The normalized spacial score (nSPS) is 23.2. The van der Waals surface area contributed by atoms with Gasteiger partial charge in [-0.3, -0.25) is 0 Å². The highest BCUT2D eigenvalue weighted by Gasteiger charge is 2.50. The Balaban J connectivity index is 1.26. The maximum Gasteiger partial charge on any atom is 0.462 e. The first-order valence-electron chi connectivity index (χ1n) is 34.2. The molecule has 4 heterocycles. The molecule has 13 rings (SSSR count). The van der Waals surface area contributed by atoms with E-state index in [0.717, 1.165) is 103 Å². The van der Waals surface area contributed by atoms with Gasteiger partial charge in [-0.2, -0.15) is 0 Å². The second-order valence-electron chi connectivity index (χ2n) is 25.8. The Morgan fingerprint density at radius 2 is 0.427 bits per heavy atom. The average Bonchev–Trinajstić information content (AvgIpc) is 0.714. The Bertz CT molecular complexity index is 3690. The van der Waals surface area contributed by atoms with E-state index >= 15 is 18.3 Å². The molecule has 0 amide bonds. The van der Waals surface area contributed by atoms with E-state index in [1.54, 1.807) is 97.1 Å². The minimum Gasteiger partial charge on any atom is -0.411 e. The quantitative estimate of drug-likeness (QED) is 0.0420. The van der Waals surface area contributed by atoms with Crippen LogP contribution in [0, 0.1) is 0 Å². The van der Waals surface area contributed by atoms with E-state index in [1.807, 2.05) is 24.3 Å². The van der Waals surface area contributed by atoms with Gasteiger partial charge in [-0.1, -0.05) is 203 Å². The van der Waals surface area contributed by atoms with E-state index in [0.29, 0.717) is 88.1 Å². The summed E-state index contributed by atoms with van der Waals surface area (Å²) in [6, 6.07) is 44.2. The second-order valence-corrected chi connectivity index (χ2v) is 36.5. The number of hydrogen-bond acceptors (Lipinski definition) is 12. The lowest BCUT2D eigenvalue weighted by Crippen LogP contribution is -2.25. The van der Waals surface area contributed by atoms with Crippen LogP contribution in [0.15, 0.2) is 163 Å². The Kier molecular flexibility index (Phi) is 21.5. The Morgan fingerprint density at radius 1 is 0.260 bits per heavy atom. The molecule has 0 unspecified atom stereocenters. The van der Waals surface area contributed by atoms with Crippen LogP contribution in [0.4, 0.5) is 0 Å². The van der Waals surface area contributed by atoms with Crippen molar-refractivity contribution in [3.05, 3.63) is 208 Å². The molecule has 96 heavy (non-hydrogen) atoms. The summed E-state index contributed by atoms with van der Waals surface area (Å²) in [6.45, 7) is 8.80. The fourth-order valence-electron chi connectivity index (χ4n) is 14.3. The molecule has 0 radical (unpaired) electrons. The van der Waals surface area contributed by atoms with Crippen LogP contribution in [0.5, 0.6) is 46.0 Å². The van der Waals surface area contributed by atoms with Crippen LogP contribution < -0.4 is 57.4 Å². The molecule has 8 aromatic carbocycles. The Morgan fingerprint density at radius 3 is 0.583 bits per heavy atom. The molecule has 4 aliphatic heterocycles. The van der Waals surface area contributed by atoms with Crippen LogP contribution >= 0.6 is 94.1 Å². The molecule has 0 atom stereocenters. The van der Waals surface area contributed by atoms with Crippen LogP contribution in [0.1, 0.15) is 224 Å². The molecule has 1 aliphatic carbocycles. The highest BCUT2D eigenvalue weighted by Crippen LogP contribution is 2.70. The standard InChI is InChI=1S/C76H80Br4O12P4/c1-5-9-13-29-41-53-57-45-59-54(42-30-14-10-6-2)61-47-63-56(44-32-16-12-8-4)64-48-62-55(43-31-15-11-7-3)60-46-58(53)70-66(78)72(60)88-95(83,51-37-25-19-26-38-51)90-74(62)68(80)76(64)92-96(84,52-39-27-20-28-40-52)91-75(63)67(79)73(61)89-94(82,50-35-23-18-24-36-50)87-71(59)65(77)69(57)85-93(81,86-70)49-33-21-17-22-34-49/h17-28,33-40,45-48,53-56H,5-16,29-32,41-44H2,1-4H3. The Labute approximate surface area is 598 Å². The third kappa shape index (κ3) is 13.4. The molecule has 8 aromatic rings. The minimum absolute atomic E-state index is 0.207. The summed E-state index contributed by atoms with van der Waals surface area (Å²) in [5.74, 6) is -0.512. The predicted octanol–water partition coefficient (Wildman–Crippen LogP) is 24.6. The third-order valence-electron chi connectivity index (χ3n) is 19.3. The summed E-state index contributed by atoms with van der Waals surface area (Å²) in [6.07, 6.45) is 17.1. The van der Waals surface area contributed by atoms with Gasteiger partial charge in [0.2, 0.25) is 0 Å². The van der Waals surface area contributed by atoms with E-state index in [2.05, 4.69) is 116 Å². The van der Waals surface area contributed by atoms with Crippen LogP contribution in [-0.4, -0.2) is 0 Å². The summed E-state index contributed by atoms with van der Waals surface area (Å²) in [4.78, 5) is 0. The average molecular weight is 1630 g/mol. The van der Waals surface area contributed by atoms with Crippen LogP contribution in [0.3, 0.4) is 0 Å². The fraction of sp³-hybridized carbons (Fsp3) is 0.368. The molecule has 504 valence electrons. The zero-order valence-corrected chi connectivity index (χ0v) is 64.4. The van der Waals surface area contributed by atoms with Crippen molar-refractivity contribution in [2.24, 2.45) is 0 Å². The maximum absolute atomic E-state index is 16.9. The number of hydrogen-bond donors (Lipinski definition) is 0. The van der Waals surface area contributed by atoms with Crippen LogP contribution in [0.2, 0.25) is 0 Å². The van der Waals surface area contributed by atoms with Gasteiger partial charge < -0.3 is 36.2 Å². The molecular weight excluding hydrogens is 1550 g/mol. The van der Waals surface area contributed by atoms with Crippen molar-refractivity contribution >= 4 is 115 Å². The van der Waals surface area contributed by atoms with Gasteiger partial charge in [0.05, 0.1) is 21.2 Å². The van der Waals surface area contributed by atoms with Crippen molar-refractivity contribution in [1.29, 1.82) is 0 Å². The van der Waals surface area contributed by atoms with Gasteiger partial charge in [0.15, 0.2) is 46.0 Å². The van der Waals surface area contributed by atoms with Crippen molar-refractivity contribution in [1.82, 2.24) is 0 Å². The summed E-state index contributed by atoms with van der Waals surface area (Å²) in [5.41, 5.74) is 5.66. The van der Waals surface area contributed by atoms with Crippen molar-refractivity contribution in [2.75, 3.05) is 0 Å². The number of benzene rings is 8. The first kappa shape index (κ1) is 69.5. The SMILES string of the molecule is CCCCCCC1c2cc3c4c(Br)c2OP(=O)(c2ccccc2)Oc2c1cc1c(c2Br)OP(=O)(c2ccccc2)Oc2c(cc5c(c2Br)OP(=O)(c2ccccc2)Oc2c(cc(c(c2Br)OP(=O)(c2ccccc2)O4)C3CCCCCC)C5CCCCCC)C1CCCCCC. The van der Waals surface area contributed by atoms with Gasteiger partial charge in [0.25, 0.3) is 0 Å². The molecule has 5 aliphatic rings. The van der Waals surface area contributed by atoms with Crippen LogP contribution in [0.25, 0.3) is 0 Å².